The molecule has 2 N–H and O–H groups in total. The number of halogens is 1. The van der Waals surface area contributed by atoms with E-state index in [1.54, 1.807) is 25.4 Å². The van der Waals surface area contributed by atoms with Crippen LogP contribution in [0.3, 0.4) is 0 Å². The van der Waals surface area contributed by atoms with Gasteiger partial charge in [0.05, 0.1) is 18.4 Å². The molecule has 2 aromatic rings. The SMILES string of the molecule is CNC(=O)c1nn(C)cc1NC(=O)c1cc(Cl)ccc1OC. The van der Waals surface area contributed by atoms with E-state index >= 15 is 0 Å². The average Bonchev–Trinajstić information content (AvgIpc) is 2.86. The number of rotatable bonds is 4. The lowest BCUT2D eigenvalue weighted by molar-refractivity contribution is 0.0958. The summed E-state index contributed by atoms with van der Waals surface area (Å²) in [5, 5.41) is 9.54. The highest BCUT2D eigenvalue weighted by Gasteiger charge is 2.19. The number of amides is 2. The Morgan fingerprint density at radius 1 is 1.32 bits per heavy atom. The number of hydrogen-bond acceptors (Lipinski definition) is 4. The number of methoxy groups -OCH3 is 1. The predicted octanol–water partition coefficient (Wildman–Crippen LogP) is 1.69. The lowest BCUT2D eigenvalue weighted by Crippen LogP contribution is -2.21. The van der Waals surface area contributed by atoms with Crippen LogP contribution in [0, 0.1) is 0 Å². The molecule has 0 aliphatic carbocycles. The number of hydrogen-bond donors (Lipinski definition) is 2. The fourth-order valence-corrected chi connectivity index (χ4v) is 2.09. The topological polar surface area (TPSA) is 85.3 Å². The molecule has 2 rings (SSSR count). The first-order chi connectivity index (χ1) is 10.5. The second-order valence-corrected chi connectivity index (χ2v) is 4.88. The van der Waals surface area contributed by atoms with Gasteiger partial charge < -0.3 is 15.4 Å². The molecule has 1 aromatic heterocycles. The van der Waals surface area contributed by atoms with Crippen LogP contribution in [0.15, 0.2) is 24.4 Å². The summed E-state index contributed by atoms with van der Waals surface area (Å²) in [4.78, 5) is 24.2. The molecular weight excluding hydrogens is 308 g/mol. The molecule has 8 heteroatoms. The Bertz CT molecular complexity index is 727. The molecule has 7 nitrogen and oxygen atoms in total. The maximum absolute atomic E-state index is 12.4. The monoisotopic (exact) mass is 322 g/mol. The van der Waals surface area contributed by atoms with Crippen LogP contribution in [0.2, 0.25) is 5.02 Å². The van der Waals surface area contributed by atoms with Gasteiger partial charge in [-0.25, -0.2) is 0 Å². The van der Waals surface area contributed by atoms with Gasteiger partial charge in [0, 0.05) is 25.3 Å². The molecule has 1 aromatic carbocycles. The highest BCUT2D eigenvalue weighted by molar-refractivity contribution is 6.31. The number of ether oxygens (including phenoxy) is 1. The van der Waals surface area contributed by atoms with Gasteiger partial charge in [-0.1, -0.05) is 11.6 Å². The van der Waals surface area contributed by atoms with E-state index in [4.69, 9.17) is 16.3 Å². The molecule has 0 aliphatic rings. The van der Waals surface area contributed by atoms with Crippen LogP contribution < -0.4 is 15.4 Å². The molecule has 22 heavy (non-hydrogen) atoms. The van der Waals surface area contributed by atoms with Crippen LogP contribution in [-0.4, -0.2) is 35.8 Å². The third-order valence-electron chi connectivity index (χ3n) is 2.93. The van der Waals surface area contributed by atoms with Gasteiger partial charge in [-0.15, -0.1) is 0 Å². The molecule has 1 heterocycles. The fourth-order valence-electron chi connectivity index (χ4n) is 1.91. The van der Waals surface area contributed by atoms with Gasteiger partial charge in [0.25, 0.3) is 11.8 Å². The summed E-state index contributed by atoms with van der Waals surface area (Å²) in [6.45, 7) is 0. The summed E-state index contributed by atoms with van der Waals surface area (Å²) in [6.07, 6.45) is 1.54. The zero-order chi connectivity index (χ0) is 16.3. The average molecular weight is 323 g/mol. The molecule has 0 radical (unpaired) electrons. The Balaban J connectivity index is 2.34. The van der Waals surface area contributed by atoms with E-state index < -0.39 is 11.8 Å². The Labute approximate surface area is 132 Å². The van der Waals surface area contributed by atoms with Crippen molar-refractivity contribution < 1.29 is 14.3 Å². The van der Waals surface area contributed by atoms with Crippen LogP contribution >= 0.6 is 11.6 Å². The van der Waals surface area contributed by atoms with E-state index in [0.29, 0.717) is 16.5 Å². The molecular formula is C14H15ClN4O3. The molecule has 2 amide bonds. The van der Waals surface area contributed by atoms with Crippen molar-refractivity contribution in [3.05, 3.63) is 40.7 Å². The first kappa shape index (κ1) is 15.8. The number of nitrogens with one attached hydrogen (secondary N) is 2. The molecule has 0 spiro atoms. The third kappa shape index (κ3) is 3.20. The Kier molecular flexibility index (Phi) is 4.67. The summed E-state index contributed by atoms with van der Waals surface area (Å²) in [5.41, 5.74) is 0.690. The quantitative estimate of drug-likeness (QED) is 0.897. The maximum atomic E-state index is 12.4. The van der Waals surface area contributed by atoms with Gasteiger partial charge in [-0.2, -0.15) is 5.10 Å². The Hall–Kier alpha value is -2.54. The van der Waals surface area contributed by atoms with Crippen LogP contribution in [0.5, 0.6) is 5.75 Å². The van der Waals surface area contributed by atoms with Crippen LogP contribution in [-0.2, 0) is 7.05 Å². The van der Waals surface area contributed by atoms with Gasteiger partial charge in [-0.05, 0) is 18.2 Å². The Morgan fingerprint density at radius 2 is 2.05 bits per heavy atom. The van der Waals surface area contributed by atoms with Crippen molar-refractivity contribution in [3.8, 4) is 5.75 Å². The minimum atomic E-state index is -0.447. The molecule has 0 atom stereocenters. The second kappa shape index (κ2) is 6.48. The van der Waals surface area contributed by atoms with Crippen molar-refractivity contribution in [2.24, 2.45) is 7.05 Å². The predicted molar refractivity (Wildman–Crippen MR) is 82.6 cm³/mol. The van der Waals surface area contributed by atoms with E-state index in [0.717, 1.165) is 0 Å². The molecule has 116 valence electrons. The molecule has 0 fully saturated rings. The lowest BCUT2D eigenvalue weighted by Gasteiger charge is -2.09. The number of benzene rings is 1. The second-order valence-electron chi connectivity index (χ2n) is 4.44. The van der Waals surface area contributed by atoms with Crippen LogP contribution in [0.1, 0.15) is 20.8 Å². The van der Waals surface area contributed by atoms with E-state index in [2.05, 4.69) is 15.7 Å². The number of nitrogens with zero attached hydrogens (tertiary/aromatic N) is 2. The van der Waals surface area contributed by atoms with Crippen molar-refractivity contribution >= 4 is 29.1 Å². The van der Waals surface area contributed by atoms with Crippen molar-refractivity contribution in [2.75, 3.05) is 19.5 Å². The molecule has 0 unspecified atom stereocenters. The third-order valence-corrected chi connectivity index (χ3v) is 3.16. The number of anilines is 1. The van der Waals surface area contributed by atoms with Crippen LogP contribution in [0.4, 0.5) is 5.69 Å². The van der Waals surface area contributed by atoms with Crippen molar-refractivity contribution in [1.29, 1.82) is 0 Å². The Morgan fingerprint density at radius 3 is 2.68 bits per heavy atom. The summed E-state index contributed by atoms with van der Waals surface area (Å²) in [6, 6.07) is 4.71. The summed E-state index contributed by atoms with van der Waals surface area (Å²) in [5.74, 6) is -0.459. The molecule has 0 bridgehead atoms. The zero-order valence-corrected chi connectivity index (χ0v) is 13.1. The van der Waals surface area contributed by atoms with Crippen molar-refractivity contribution in [2.45, 2.75) is 0 Å². The van der Waals surface area contributed by atoms with Gasteiger partial charge in [0.2, 0.25) is 0 Å². The van der Waals surface area contributed by atoms with E-state index in [1.165, 1.54) is 24.9 Å². The largest absolute Gasteiger partial charge is 0.496 e. The van der Waals surface area contributed by atoms with Crippen molar-refractivity contribution in [1.82, 2.24) is 15.1 Å². The van der Waals surface area contributed by atoms with Gasteiger partial charge in [-0.3, -0.25) is 14.3 Å². The first-order valence-corrected chi connectivity index (χ1v) is 6.74. The minimum absolute atomic E-state index is 0.124. The standard InChI is InChI=1S/C14H15ClN4O3/c1-16-14(21)12-10(7-19(2)18-12)17-13(20)9-6-8(15)4-5-11(9)22-3/h4-7H,1-3H3,(H,16,21)(H,17,20). The highest BCUT2D eigenvalue weighted by Crippen LogP contribution is 2.24. The maximum Gasteiger partial charge on any atom is 0.273 e. The van der Waals surface area contributed by atoms with E-state index in [-0.39, 0.29) is 11.3 Å². The molecule has 0 aliphatic heterocycles. The van der Waals surface area contributed by atoms with Gasteiger partial charge >= 0.3 is 0 Å². The fraction of sp³-hybridized carbons (Fsp3) is 0.214. The van der Waals surface area contributed by atoms with E-state index in [9.17, 15) is 9.59 Å². The first-order valence-electron chi connectivity index (χ1n) is 6.37. The highest BCUT2D eigenvalue weighted by atomic mass is 35.5. The smallest absolute Gasteiger partial charge is 0.273 e. The summed E-state index contributed by atoms with van der Waals surface area (Å²) < 4.78 is 6.58. The number of aryl methyl sites for hydroxylation is 1. The number of carbonyl (C=O) groups is 2. The van der Waals surface area contributed by atoms with E-state index in [1.807, 2.05) is 0 Å². The summed E-state index contributed by atoms with van der Waals surface area (Å²) >= 11 is 5.91. The summed E-state index contributed by atoms with van der Waals surface area (Å²) in [7, 11) is 4.60. The zero-order valence-electron chi connectivity index (χ0n) is 12.3. The minimum Gasteiger partial charge on any atom is -0.496 e. The van der Waals surface area contributed by atoms with Crippen molar-refractivity contribution in [3.63, 3.8) is 0 Å². The number of aromatic nitrogens is 2. The lowest BCUT2D eigenvalue weighted by atomic mass is 10.2. The van der Waals surface area contributed by atoms with Gasteiger partial charge in [0.15, 0.2) is 5.69 Å². The van der Waals surface area contributed by atoms with Gasteiger partial charge in [0.1, 0.15) is 5.75 Å². The molecule has 0 saturated carbocycles. The molecule has 0 saturated heterocycles. The normalized spacial score (nSPS) is 10.2. The number of carbonyl (C=O) groups excluding carboxylic acids is 2. The van der Waals surface area contributed by atoms with Crippen LogP contribution in [0.25, 0.3) is 0 Å².